The number of carbonyl (C=O) groups excluding carboxylic acids is 1. The Kier molecular flexibility index (Phi) is 7.10. The van der Waals surface area contributed by atoms with Gasteiger partial charge in [0.1, 0.15) is 0 Å². The smallest absolute Gasteiger partial charge is 0.222 e. The van der Waals surface area contributed by atoms with Crippen molar-refractivity contribution in [3.8, 4) is 0 Å². The fourth-order valence-corrected chi connectivity index (χ4v) is 3.62. The van der Waals surface area contributed by atoms with E-state index in [4.69, 9.17) is 4.74 Å². The van der Waals surface area contributed by atoms with Gasteiger partial charge in [0, 0.05) is 26.1 Å². The number of amides is 1. The van der Waals surface area contributed by atoms with Crippen molar-refractivity contribution in [2.24, 2.45) is 0 Å². The lowest BCUT2D eigenvalue weighted by Crippen LogP contribution is -2.39. The standard InChI is InChI=1S/C17H25NO2S/c1-18(16-9-12-21-13-10-16)17(19)8-5-11-20-14-15-6-3-2-4-7-15/h2-4,6-7,16H,5,8-14H2,1H3. The van der Waals surface area contributed by atoms with E-state index in [0.29, 0.717) is 25.7 Å². The third-order valence-electron chi connectivity index (χ3n) is 3.92. The van der Waals surface area contributed by atoms with Gasteiger partial charge < -0.3 is 9.64 Å². The Balaban J connectivity index is 1.58. The van der Waals surface area contributed by atoms with E-state index in [0.717, 1.165) is 19.3 Å². The third-order valence-corrected chi connectivity index (χ3v) is 4.97. The number of hydrogen-bond donors (Lipinski definition) is 0. The Morgan fingerprint density at radius 1 is 1.29 bits per heavy atom. The number of thioether (sulfide) groups is 1. The highest BCUT2D eigenvalue weighted by molar-refractivity contribution is 7.99. The first-order valence-electron chi connectivity index (χ1n) is 7.72. The van der Waals surface area contributed by atoms with Crippen molar-refractivity contribution < 1.29 is 9.53 Å². The van der Waals surface area contributed by atoms with Crippen LogP contribution >= 0.6 is 11.8 Å². The molecule has 4 heteroatoms. The van der Waals surface area contributed by atoms with E-state index in [2.05, 4.69) is 12.1 Å². The van der Waals surface area contributed by atoms with Crippen LogP contribution < -0.4 is 0 Å². The summed E-state index contributed by atoms with van der Waals surface area (Å²) in [5, 5.41) is 0. The second kappa shape index (κ2) is 9.11. The average molecular weight is 307 g/mol. The maximum absolute atomic E-state index is 12.1. The van der Waals surface area contributed by atoms with Crippen molar-refractivity contribution in [2.75, 3.05) is 25.2 Å². The van der Waals surface area contributed by atoms with E-state index in [-0.39, 0.29) is 5.91 Å². The van der Waals surface area contributed by atoms with Crippen molar-refractivity contribution in [1.82, 2.24) is 4.90 Å². The molecule has 1 aromatic carbocycles. The van der Waals surface area contributed by atoms with Gasteiger partial charge in [-0.05, 0) is 36.3 Å². The summed E-state index contributed by atoms with van der Waals surface area (Å²) in [6.07, 6.45) is 3.67. The lowest BCUT2D eigenvalue weighted by atomic mass is 10.1. The molecule has 0 N–H and O–H groups in total. The van der Waals surface area contributed by atoms with Crippen LogP contribution in [0.4, 0.5) is 0 Å². The number of ether oxygens (including phenoxy) is 1. The van der Waals surface area contributed by atoms with Gasteiger partial charge in [0.15, 0.2) is 0 Å². The molecule has 1 aromatic rings. The Labute approximate surface area is 132 Å². The van der Waals surface area contributed by atoms with Gasteiger partial charge >= 0.3 is 0 Å². The Hall–Kier alpha value is -1.00. The summed E-state index contributed by atoms with van der Waals surface area (Å²) >= 11 is 1.99. The number of benzene rings is 1. The maximum Gasteiger partial charge on any atom is 0.222 e. The molecule has 1 saturated heterocycles. The second-order valence-corrected chi connectivity index (χ2v) is 6.71. The molecular formula is C17H25NO2S. The first-order chi connectivity index (χ1) is 10.3. The van der Waals surface area contributed by atoms with E-state index < -0.39 is 0 Å². The number of carbonyl (C=O) groups is 1. The van der Waals surface area contributed by atoms with Crippen LogP contribution in [0.5, 0.6) is 0 Å². The minimum absolute atomic E-state index is 0.259. The van der Waals surface area contributed by atoms with Crippen LogP contribution in [0.15, 0.2) is 30.3 Å². The van der Waals surface area contributed by atoms with Crippen LogP contribution in [-0.4, -0.2) is 42.0 Å². The zero-order chi connectivity index (χ0) is 14.9. The highest BCUT2D eigenvalue weighted by Gasteiger charge is 2.21. The molecule has 0 aromatic heterocycles. The van der Waals surface area contributed by atoms with Crippen molar-refractivity contribution in [3.63, 3.8) is 0 Å². The molecule has 0 radical (unpaired) electrons. The second-order valence-electron chi connectivity index (χ2n) is 5.49. The van der Waals surface area contributed by atoms with E-state index in [1.54, 1.807) is 0 Å². The molecule has 1 aliphatic heterocycles. The van der Waals surface area contributed by atoms with Gasteiger partial charge in [-0.25, -0.2) is 0 Å². The van der Waals surface area contributed by atoms with Crippen LogP contribution in [0.25, 0.3) is 0 Å². The molecule has 1 aliphatic rings. The van der Waals surface area contributed by atoms with Gasteiger partial charge in [-0.15, -0.1) is 0 Å². The SMILES string of the molecule is CN(C(=O)CCCOCc1ccccc1)C1CCSCC1. The van der Waals surface area contributed by atoms with Gasteiger partial charge in [0.05, 0.1) is 6.61 Å². The van der Waals surface area contributed by atoms with E-state index in [1.165, 1.54) is 17.1 Å². The van der Waals surface area contributed by atoms with Crippen molar-refractivity contribution in [1.29, 1.82) is 0 Å². The normalized spacial score (nSPS) is 15.9. The predicted octanol–water partition coefficient (Wildman–Crippen LogP) is 3.34. The van der Waals surface area contributed by atoms with E-state index in [1.807, 2.05) is 41.9 Å². The highest BCUT2D eigenvalue weighted by Crippen LogP contribution is 2.21. The highest BCUT2D eigenvalue weighted by atomic mass is 32.2. The minimum Gasteiger partial charge on any atom is -0.377 e. The molecule has 21 heavy (non-hydrogen) atoms. The summed E-state index contributed by atoms with van der Waals surface area (Å²) in [4.78, 5) is 14.1. The number of rotatable bonds is 7. The van der Waals surface area contributed by atoms with Gasteiger partial charge in [0.2, 0.25) is 5.91 Å². The van der Waals surface area contributed by atoms with Crippen LogP contribution in [0.3, 0.4) is 0 Å². The molecule has 1 fully saturated rings. The van der Waals surface area contributed by atoms with Gasteiger partial charge in [-0.3, -0.25) is 4.79 Å². The quantitative estimate of drug-likeness (QED) is 0.724. The summed E-state index contributed by atoms with van der Waals surface area (Å²) in [5.41, 5.74) is 1.18. The zero-order valence-electron chi connectivity index (χ0n) is 12.8. The zero-order valence-corrected chi connectivity index (χ0v) is 13.6. The van der Waals surface area contributed by atoms with Crippen molar-refractivity contribution >= 4 is 17.7 Å². The molecule has 1 amide bonds. The molecule has 0 atom stereocenters. The fraction of sp³-hybridized carbons (Fsp3) is 0.588. The summed E-state index contributed by atoms with van der Waals surface area (Å²) in [6.45, 7) is 1.28. The number of hydrogen-bond acceptors (Lipinski definition) is 3. The van der Waals surface area contributed by atoms with Crippen LogP contribution in [0.1, 0.15) is 31.2 Å². The Morgan fingerprint density at radius 3 is 2.71 bits per heavy atom. The fourth-order valence-electron chi connectivity index (χ4n) is 2.54. The topological polar surface area (TPSA) is 29.5 Å². The summed E-state index contributed by atoms with van der Waals surface area (Å²) in [7, 11) is 1.95. The molecule has 0 spiro atoms. The predicted molar refractivity (Wildman–Crippen MR) is 88.4 cm³/mol. The maximum atomic E-state index is 12.1. The molecule has 116 valence electrons. The average Bonchev–Trinajstić information content (AvgIpc) is 2.55. The molecule has 0 saturated carbocycles. The first-order valence-corrected chi connectivity index (χ1v) is 8.88. The monoisotopic (exact) mass is 307 g/mol. The lowest BCUT2D eigenvalue weighted by molar-refractivity contribution is -0.132. The van der Waals surface area contributed by atoms with Crippen LogP contribution in [-0.2, 0) is 16.1 Å². The molecule has 2 rings (SSSR count). The summed E-state index contributed by atoms with van der Waals surface area (Å²) in [6, 6.07) is 10.6. The Morgan fingerprint density at radius 2 is 2.00 bits per heavy atom. The van der Waals surface area contributed by atoms with Crippen LogP contribution in [0, 0.1) is 0 Å². The van der Waals surface area contributed by atoms with Crippen molar-refractivity contribution in [3.05, 3.63) is 35.9 Å². The number of nitrogens with zero attached hydrogens (tertiary/aromatic N) is 1. The minimum atomic E-state index is 0.259. The third kappa shape index (κ3) is 5.71. The van der Waals surface area contributed by atoms with E-state index in [9.17, 15) is 4.79 Å². The lowest BCUT2D eigenvalue weighted by Gasteiger charge is -2.31. The Bertz CT molecular complexity index is 418. The van der Waals surface area contributed by atoms with E-state index >= 15 is 0 Å². The molecule has 3 nitrogen and oxygen atoms in total. The molecule has 0 unspecified atom stereocenters. The molecule has 0 aliphatic carbocycles. The summed E-state index contributed by atoms with van der Waals surface area (Å²) < 4.78 is 5.62. The van der Waals surface area contributed by atoms with Gasteiger partial charge in [0.25, 0.3) is 0 Å². The first kappa shape index (κ1) is 16.4. The molecular weight excluding hydrogens is 282 g/mol. The molecule has 0 bridgehead atoms. The van der Waals surface area contributed by atoms with Gasteiger partial charge in [-0.2, -0.15) is 11.8 Å². The van der Waals surface area contributed by atoms with Crippen molar-refractivity contribution in [2.45, 2.75) is 38.3 Å². The summed E-state index contributed by atoms with van der Waals surface area (Å²) in [5.74, 6) is 2.63. The molecule has 1 heterocycles. The van der Waals surface area contributed by atoms with Crippen LogP contribution in [0.2, 0.25) is 0 Å². The van der Waals surface area contributed by atoms with Gasteiger partial charge in [-0.1, -0.05) is 30.3 Å². The largest absolute Gasteiger partial charge is 0.377 e.